The van der Waals surface area contributed by atoms with E-state index in [0.29, 0.717) is 23.9 Å². The van der Waals surface area contributed by atoms with Crippen molar-refractivity contribution in [1.82, 2.24) is 25.3 Å². The van der Waals surface area contributed by atoms with Gasteiger partial charge in [-0.15, -0.1) is 5.10 Å². The van der Waals surface area contributed by atoms with E-state index in [2.05, 4.69) is 20.6 Å². The molecule has 1 N–H and O–H groups in total. The van der Waals surface area contributed by atoms with Gasteiger partial charge in [0.2, 0.25) is 0 Å². The van der Waals surface area contributed by atoms with Crippen LogP contribution < -0.4 is 5.32 Å². The summed E-state index contributed by atoms with van der Waals surface area (Å²) in [7, 11) is 0. The van der Waals surface area contributed by atoms with Gasteiger partial charge < -0.3 is 5.32 Å². The van der Waals surface area contributed by atoms with Gasteiger partial charge in [-0.25, -0.2) is 4.68 Å². The fraction of sp³-hybridized carbons (Fsp3) is 0.333. The van der Waals surface area contributed by atoms with E-state index in [-0.39, 0.29) is 5.91 Å². The molecule has 6 heteroatoms. The smallest absolute Gasteiger partial charge is 0.274 e. The van der Waals surface area contributed by atoms with Gasteiger partial charge in [0, 0.05) is 24.5 Å². The van der Waals surface area contributed by atoms with Gasteiger partial charge in [0.25, 0.3) is 5.91 Å². The van der Waals surface area contributed by atoms with Gasteiger partial charge in [0.1, 0.15) is 5.69 Å². The van der Waals surface area contributed by atoms with Crippen LogP contribution in [0.4, 0.5) is 0 Å². The number of pyridine rings is 1. The first-order valence-electron chi connectivity index (χ1n) is 9.52. The Morgan fingerprint density at radius 2 is 1.89 bits per heavy atom. The van der Waals surface area contributed by atoms with Crippen LogP contribution in [0.25, 0.3) is 16.9 Å². The topological polar surface area (TPSA) is 72.7 Å². The third-order valence-corrected chi connectivity index (χ3v) is 5.10. The summed E-state index contributed by atoms with van der Waals surface area (Å²) in [5.74, 6) is 0.385. The van der Waals surface area contributed by atoms with Crippen LogP contribution in [0.15, 0.2) is 54.9 Å². The van der Waals surface area contributed by atoms with E-state index in [4.69, 9.17) is 0 Å². The molecular formula is C21H23N5O. The Kier molecular flexibility index (Phi) is 5.23. The van der Waals surface area contributed by atoms with Gasteiger partial charge in [-0.3, -0.25) is 9.78 Å². The van der Waals surface area contributed by atoms with E-state index in [1.165, 1.54) is 32.1 Å². The summed E-state index contributed by atoms with van der Waals surface area (Å²) < 4.78 is 1.70. The minimum atomic E-state index is -0.179. The van der Waals surface area contributed by atoms with E-state index in [0.717, 1.165) is 11.3 Å². The molecule has 2 aromatic heterocycles. The van der Waals surface area contributed by atoms with Crippen molar-refractivity contribution in [3.63, 3.8) is 0 Å². The number of nitrogens with zero attached hydrogens (tertiary/aromatic N) is 4. The molecule has 1 aliphatic carbocycles. The van der Waals surface area contributed by atoms with Crippen LogP contribution in [-0.2, 0) is 0 Å². The minimum absolute atomic E-state index is 0.179. The quantitative estimate of drug-likeness (QED) is 0.753. The van der Waals surface area contributed by atoms with Crippen molar-refractivity contribution in [2.75, 3.05) is 6.54 Å². The van der Waals surface area contributed by atoms with E-state index in [1.807, 2.05) is 42.5 Å². The Morgan fingerprint density at radius 3 is 2.63 bits per heavy atom. The molecule has 0 spiro atoms. The zero-order valence-corrected chi connectivity index (χ0v) is 15.2. The fourth-order valence-corrected chi connectivity index (χ4v) is 3.66. The molecule has 0 saturated heterocycles. The third-order valence-electron chi connectivity index (χ3n) is 5.10. The Hall–Kier alpha value is -3.02. The second-order valence-corrected chi connectivity index (χ2v) is 6.99. The number of rotatable bonds is 5. The predicted molar refractivity (Wildman–Crippen MR) is 103 cm³/mol. The molecule has 3 aromatic rings. The Labute approximate surface area is 158 Å². The van der Waals surface area contributed by atoms with Crippen LogP contribution >= 0.6 is 0 Å². The van der Waals surface area contributed by atoms with Crippen molar-refractivity contribution >= 4 is 5.91 Å². The van der Waals surface area contributed by atoms with Crippen molar-refractivity contribution in [2.24, 2.45) is 5.92 Å². The summed E-state index contributed by atoms with van der Waals surface area (Å²) in [4.78, 5) is 17.1. The van der Waals surface area contributed by atoms with Crippen molar-refractivity contribution in [1.29, 1.82) is 0 Å². The van der Waals surface area contributed by atoms with Gasteiger partial charge in [-0.1, -0.05) is 42.7 Å². The summed E-state index contributed by atoms with van der Waals surface area (Å²) in [5, 5.41) is 11.5. The Balaban J connectivity index is 1.64. The first kappa shape index (κ1) is 17.4. The van der Waals surface area contributed by atoms with Crippen LogP contribution in [0, 0.1) is 5.92 Å². The van der Waals surface area contributed by atoms with Crippen LogP contribution in [0.1, 0.15) is 42.6 Å². The van der Waals surface area contributed by atoms with Crippen molar-refractivity contribution in [2.45, 2.75) is 32.1 Å². The van der Waals surface area contributed by atoms with Crippen LogP contribution in [0.5, 0.6) is 0 Å². The van der Waals surface area contributed by atoms with Crippen LogP contribution in [0.3, 0.4) is 0 Å². The second-order valence-electron chi connectivity index (χ2n) is 6.99. The number of hydrogen-bond acceptors (Lipinski definition) is 4. The molecule has 0 unspecified atom stereocenters. The van der Waals surface area contributed by atoms with Crippen molar-refractivity contribution in [3.05, 3.63) is 60.6 Å². The first-order valence-corrected chi connectivity index (χ1v) is 9.52. The van der Waals surface area contributed by atoms with Crippen molar-refractivity contribution in [3.8, 4) is 16.9 Å². The van der Waals surface area contributed by atoms with E-state index in [9.17, 15) is 4.79 Å². The van der Waals surface area contributed by atoms with Gasteiger partial charge in [0.05, 0.1) is 5.69 Å². The monoisotopic (exact) mass is 361 g/mol. The highest BCUT2D eigenvalue weighted by Gasteiger charge is 2.23. The number of amides is 1. The van der Waals surface area contributed by atoms with Crippen molar-refractivity contribution < 1.29 is 4.79 Å². The molecule has 1 saturated carbocycles. The highest BCUT2D eigenvalue weighted by molar-refractivity contribution is 5.98. The normalized spacial score (nSPS) is 14.8. The summed E-state index contributed by atoms with van der Waals surface area (Å²) >= 11 is 0. The highest BCUT2D eigenvalue weighted by Crippen LogP contribution is 2.25. The number of hydrogen-bond donors (Lipinski definition) is 1. The summed E-state index contributed by atoms with van der Waals surface area (Å²) in [5.41, 5.74) is 2.67. The average molecular weight is 361 g/mol. The lowest BCUT2D eigenvalue weighted by atomic mass is 9.89. The minimum Gasteiger partial charge on any atom is -0.350 e. The zero-order chi connectivity index (χ0) is 18.5. The lowest BCUT2D eigenvalue weighted by Gasteiger charge is -2.21. The zero-order valence-electron chi connectivity index (χ0n) is 15.2. The molecule has 4 rings (SSSR count). The molecule has 0 atom stereocenters. The van der Waals surface area contributed by atoms with Gasteiger partial charge in [0.15, 0.2) is 5.69 Å². The molecule has 0 bridgehead atoms. The van der Waals surface area contributed by atoms with Gasteiger partial charge in [-0.05, 0) is 43.0 Å². The van der Waals surface area contributed by atoms with Crippen LogP contribution in [-0.4, -0.2) is 32.4 Å². The lowest BCUT2D eigenvalue weighted by molar-refractivity contribution is 0.0939. The van der Waals surface area contributed by atoms with E-state index >= 15 is 0 Å². The molecular weight excluding hydrogens is 338 g/mol. The standard InChI is InChI=1S/C21H23N5O/c27-21(23-14-16-8-3-1-4-9-16)19-20(17-10-7-13-22-15-17)26(25-24-19)18-11-5-2-6-12-18/h2,5-7,10-13,15-16H,1,3-4,8-9,14H2,(H,23,27). The Bertz CT molecular complexity index is 885. The van der Waals surface area contributed by atoms with Crippen LogP contribution in [0.2, 0.25) is 0 Å². The molecule has 6 nitrogen and oxygen atoms in total. The molecule has 1 fully saturated rings. The maximum Gasteiger partial charge on any atom is 0.274 e. The summed E-state index contributed by atoms with van der Waals surface area (Å²) in [6.45, 7) is 0.698. The van der Waals surface area contributed by atoms with E-state index in [1.54, 1.807) is 17.1 Å². The summed E-state index contributed by atoms with van der Waals surface area (Å²) in [6.07, 6.45) is 9.64. The Morgan fingerprint density at radius 1 is 1.07 bits per heavy atom. The number of aromatic nitrogens is 4. The summed E-state index contributed by atoms with van der Waals surface area (Å²) in [6, 6.07) is 13.5. The molecule has 138 valence electrons. The number of carbonyl (C=O) groups excluding carboxylic acids is 1. The predicted octanol–water partition coefficient (Wildman–Crippen LogP) is 3.64. The lowest BCUT2D eigenvalue weighted by Crippen LogP contribution is -2.30. The van der Waals surface area contributed by atoms with Gasteiger partial charge in [-0.2, -0.15) is 0 Å². The molecule has 1 amide bonds. The maximum absolute atomic E-state index is 12.9. The van der Waals surface area contributed by atoms with Gasteiger partial charge >= 0.3 is 0 Å². The molecule has 27 heavy (non-hydrogen) atoms. The number of benzene rings is 1. The molecule has 0 aliphatic heterocycles. The average Bonchev–Trinajstić information content (AvgIpc) is 3.19. The van der Waals surface area contributed by atoms with E-state index < -0.39 is 0 Å². The third kappa shape index (κ3) is 3.89. The number of carbonyl (C=O) groups is 1. The molecule has 2 heterocycles. The SMILES string of the molecule is O=C(NCC1CCCCC1)c1nnn(-c2ccccc2)c1-c1cccnc1. The maximum atomic E-state index is 12.9. The number of nitrogens with one attached hydrogen (secondary N) is 1. The second kappa shape index (κ2) is 8.12. The first-order chi connectivity index (χ1) is 13.3. The molecule has 0 radical (unpaired) electrons. The largest absolute Gasteiger partial charge is 0.350 e. The highest BCUT2D eigenvalue weighted by atomic mass is 16.2. The molecule has 1 aromatic carbocycles. The number of para-hydroxylation sites is 1. The fourth-order valence-electron chi connectivity index (χ4n) is 3.66. The molecule has 1 aliphatic rings.